The predicted molar refractivity (Wildman–Crippen MR) is 85.6 cm³/mol. The van der Waals surface area contributed by atoms with Crippen LogP contribution in [0.3, 0.4) is 0 Å². The van der Waals surface area contributed by atoms with Crippen LogP contribution in [0.15, 0.2) is 24.4 Å². The van der Waals surface area contributed by atoms with Crippen LogP contribution in [-0.2, 0) is 17.6 Å². The molecule has 0 saturated heterocycles. The maximum absolute atomic E-state index is 11.6. The second kappa shape index (κ2) is 7.21. The van der Waals surface area contributed by atoms with Crippen LogP contribution in [0.4, 0.5) is 0 Å². The van der Waals surface area contributed by atoms with Gasteiger partial charge in [-0.05, 0) is 43.0 Å². The van der Waals surface area contributed by atoms with Gasteiger partial charge in [0, 0.05) is 6.20 Å². The van der Waals surface area contributed by atoms with Gasteiger partial charge in [0.15, 0.2) is 0 Å². The molecule has 2 rings (SSSR count). The standard InChI is InChI=1S/C15H14Cl3NO2/c1-2-21-15(20)12-7-9(8-19-12)3-4-10-5-6-11(16)14(18)13(10)17/h5-8,19H,2-4H2,1H3. The molecular weight excluding hydrogens is 333 g/mol. The number of aryl methyl sites for hydroxylation is 2. The minimum absolute atomic E-state index is 0.351. The van der Waals surface area contributed by atoms with Crippen molar-refractivity contribution in [2.45, 2.75) is 19.8 Å². The Kier molecular flexibility index (Phi) is 5.57. The molecule has 2 aromatic rings. The van der Waals surface area contributed by atoms with Gasteiger partial charge in [0.25, 0.3) is 0 Å². The Morgan fingerprint density at radius 3 is 2.67 bits per heavy atom. The van der Waals surface area contributed by atoms with E-state index in [1.54, 1.807) is 25.3 Å². The number of benzene rings is 1. The highest BCUT2D eigenvalue weighted by Gasteiger charge is 2.11. The molecule has 0 unspecified atom stereocenters. The lowest BCUT2D eigenvalue weighted by Gasteiger charge is -2.06. The lowest BCUT2D eigenvalue weighted by Crippen LogP contribution is -2.04. The number of ether oxygens (including phenoxy) is 1. The molecule has 0 spiro atoms. The van der Waals surface area contributed by atoms with Gasteiger partial charge in [0.1, 0.15) is 5.69 Å². The minimum atomic E-state index is -0.351. The van der Waals surface area contributed by atoms with Crippen molar-refractivity contribution < 1.29 is 9.53 Å². The Labute approximate surface area is 138 Å². The third kappa shape index (κ3) is 3.94. The Morgan fingerprint density at radius 2 is 1.95 bits per heavy atom. The maximum Gasteiger partial charge on any atom is 0.354 e. The summed E-state index contributed by atoms with van der Waals surface area (Å²) >= 11 is 18.1. The fourth-order valence-corrected chi connectivity index (χ4v) is 2.60. The second-order valence-electron chi connectivity index (χ2n) is 4.48. The van der Waals surface area contributed by atoms with Crippen molar-refractivity contribution >= 4 is 40.8 Å². The monoisotopic (exact) mass is 345 g/mol. The van der Waals surface area contributed by atoms with E-state index in [0.717, 1.165) is 17.5 Å². The number of halogens is 3. The van der Waals surface area contributed by atoms with Crippen LogP contribution in [0.25, 0.3) is 0 Å². The predicted octanol–water partition coefficient (Wildman–Crippen LogP) is 4.94. The number of nitrogens with one attached hydrogen (secondary N) is 1. The Morgan fingerprint density at radius 1 is 1.19 bits per heavy atom. The number of esters is 1. The molecule has 1 N–H and O–H groups in total. The van der Waals surface area contributed by atoms with Gasteiger partial charge in [0.05, 0.1) is 21.7 Å². The van der Waals surface area contributed by atoms with Crippen LogP contribution in [0, 0.1) is 0 Å². The highest BCUT2D eigenvalue weighted by Crippen LogP contribution is 2.33. The Bertz CT molecular complexity index is 652. The van der Waals surface area contributed by atoms with Crippen LogP contribution < -0.4 is 0 Å². The number of aromatic amines is 1. The molecule has 0 bridgehead atoms. The average molecular weight is 347 g/mol. The lowest BCUT2D eigenvalue weighted by atomic mass is 10.1. The topological polar surface area (TPSA) is 42.1 Å². The number of hydrogen-bond donors (Lipinski definition) is 1. The molecule has 6 heteroatoms. The van der Waals surface area contributed by atoms with Crippen molar-refractivity contribution in [1.82, 2.24) is 4.98 Å². The summed E-state index contributed by atoms with van der Waals surface area (Å²) in [7, 11) is 0. The molecule has 112 valence electrons. The Balaban J connectivity index is 2.04. The third-order valence-electron chi connectivity index (χ3n) is 3.04. The van der Waals surface area contributed by atoms with E-state index in [9.17, 15) is 4.79 Å². The first-order valence-electron chi connectivity index (χ1n) is 6.49. The van der Waals surface area contributed by atoms with Crippen molar-refractivity contribution in [2.75, 3.05) is 6.61 Å². The zero-order valence-electron chi connectivity index (χ0n) is 11.4. The molecule has 0 aliphatic heterocycles. The molecule has 0 amide bonds. The van der Waals surface area contributed by atoms with E-state index in [1.807, 2.05) is 6.07 Å². The fourth-order valence-electron chi connectivity index (χ4n) is 1.95. The molecule has 0 radical (unpaired) electrons. The van der Waals surface area contributed by atoms with Gasteiger partial charge in [0.2, 0.25) is 0 Å². The number of aromatic nitrogens is 1. The largest absolute Gasteiger partial charge is 0.461 e. The van der Waals surface area contributed by atoms with E-state index in [0.29, 0.717) is 33.8 Å². The quantitative estimate of drug-likeness (QED) is 0.615. The fraction of sp³-hybridized carbons (Fsp3) is 0.267. The molecule has 1 aromatic carbocycles. The SMILES string of the molecule is CCOC(=O)c1cc(CCc2ccc(Cl)c(Cl)c2Cl)c[nH]1. The molecule has 0 atom stereocenters. The van der Waals surface area contributed by atoms with E-state index in [1.165, 1.54) is 0 Å². The van der Waals surface area contributed by atoms with Gasteiger partial charge in [-0.15, -0.1) is 0 Å². The molecule has 0 fully saturated rings. The van der Waals surface area contributed by atoms with Crippen molar-refractivity contribution in [2.24, 2.45) is 0 Å². The first-order chi connectivity index (χ1) is 10.0. The summed E-state index contributed by atoms with van der Waals surface area (Å²) in [5.74, 6) is -0.351. The number of rotatable bonds is 5. The van der Waals surface area contributed by atoms with Gasteiger partial charge >= 0.3 is 5.97 Å². The average Bonchev–Trinajstić information content (AvgIpc) is 2.93. The van der Waals surface area contributed by atoms with Crippen LogP contribution in [0.5, 0.6) is 0 Å². The molecule has 3 nitrogen and oxygen atoms in total. The number of hydrogen-bond acceptors (Lipinski definition) is 2. The van der Waals surface area contributed by atoms with Gasteiger partial charge < -0.3 is 9.72 Å². The van der Waals surface area contributed by atoms with Crippen molar-refractivity contribution in [1.29, 1.82) is 0 Å². The van der Waals surface area contributed by atoms with Gasteiger partial charge in [-0.1, -0.05) is 40.9 Å². The molecular formula is C15H14Cl3NO2. The van der Waals surface area contributed by atoms with Gasteiger partial charge in [-0.25, -0.2) is 4.79 Å². The van der Waals surface area contributed by atoms with E-state index >= 15 is 0 Å². The van der Waals surface area contributed by atoms with Gasteiger partial charge in [-0.3, -0.25) is 0 Å². The number of carbonyl (C=O) groups is 1. The summed E-state index contributed by atoms with van der Waals surface area (Å²) in [6, 6.07) is 5.37. The van der Waals surface area contributed by atoms with E-state index in [-0.39, 0.29) is 5.97 Å². The van der Waals surface area contributed by atoms with Crippen molar-refractivity contribution in [3.05, 3.63) is 56.3 Å². The van der Waals surface area contributed by atoms with Crippen LogP contribution >= 0.6 is 34.8 Å². The molecule has 21 heavy (non-hydrogen) atoms. The summed E-state index contributed by atoms with van der Waals surface area (Å²) in [4.78, 5) is 14.5. The summed E-state index contributed by atoms with van der Waals surface area (Å²) in [6.07, 6.45) is 3.22. The first-order valence-corrected chi connectivity index (χ1v) is 7.63. The molecule has 0 saturated carbocycles. The van der Waals surface area contributed by atoms with Crippen LogP contribution in [0.2, 0.25) is 15.1 Å². The zero-order chi connectivity index (χ0) is 15.4. The number of carbonyl (C=O) groups excluding carboxylic acids is 1. The Hall–Kier alpha value is -1.16. The van der Waals surface area contributed by atoms with Crippen molar-refractivity contribution in [3.63, 3.8) is 0 Å². The summed E-state index contributed by atoms with van der Waals surface area (Å²) in [5.41, 5.74) is 2.37. The summed E-state index contributed by atoms with van der Waals surface area (Å²) in [6.45, 7) is 2.13. The van der Waals surface area contributed by atoms with Crippen molar-refractivity contribution in [3.8, 4) is 0 Å². The van der Waals surface area contributed by atoms with Gasteiger partial charge in [-0.2, -0.15) is 0 Å². The molecule has 0 aliphatic carbocycles. The molecule has 0 aliphatic rings. The van der Waals surface area contributed by atoms with E-state index in [2.05, 4.69) is 4.98 Å². The lowest BCUT2D eigenvalue weighted by molar-refractivity contribution is 0.0520. The first kappa shape index (κ1) is 16.2. The minimum Gasteiger partial charge on any atom is -0.461 e. The number of H-pyrrole nitrogens is 1. The molecule has 1 heterocycles. The highest BCUT2D eigenvalue weighted by molar-refractivity contribution is 6.48. The van der Waals surface area contributed by atoms with E-state index in [4.69, 9.17) is 39.5 Å². The highest BCUT2D eigenvalue weighted by atomic mass is 35.5. The van der Waals surface area contributed by atoms with E-state index < -0.39 is 0 Å². The second-order valence-corrected chi connectivity index (χ2v) is 5.64. The summed E-state index contributed by atoms with van der Waals surface area (Å²) in [5, 5.41) is 1.29. The third-order valence-corrected chi connectivity index (χ3v) is 4.37. The normalized spacial score (nSPS) is 10.7. The summed E-state index contributed by atoms with van der Waals surface area (Å²) < 4.78 is 4.93. The smallest absolute Gasteiger partial charge is 0.354 e. The zero-order valence-corrected chi connectivity index (χ0v) is 13.6. The molecule has 1 aromatic heterocycles. The van der Waals surface area contributed by atoms with Crippen LogP contribution in [0.1, 0.15) is 28.5 Å². The maximum atomic E-state index is 11.6. The van der Waals surface area contributed by atoms with Crippen LogP contribution in [-0.4, -0.2) is 17.6 Å².